The van der Waals surface area contributed by atoms with Gasteiger partial charge in [0.15, 0.2) is 0 Å². The summed E-state index contributed by atoms with van der Waals surface area (Å²) in [4.78, 5) is 17.7. The van der Waals surface area contributed by atoms with Gasteiger partial charge in [-0.2, -0.15) is 0 Å². The standard InChI is InChI=1S/C16H15ClN4O2S2/c1-23-13-5-4-10(17)7-12(13)18-15(22)9-25-16-19-14(20-21-16)8-11-3-2-6-24-11/h2-7H,8-9H2,1H3,(H,18,22)(H,19,20,21). The van der Waals surface area contributed by atoms with E-state index in [1.165, 1.54) is 23.7 Å². The van der Waals surface area contributed by atoms with E-state index >= 15 is 0 Å². The van der Waals surface area contributed by atoms with Crippen LogP contribution in [0, 0.1) is 0 Å². The molecule has 0 radical (unpaired) electrons. The first-order chi connectivity index (χ1) is 12.1. The molecule has 0 aliphatic heterocycles. The van der Waals surface area contributed by atoms with Gasteiger partial charge in [0.2, 0.25) is 11.1 Å². The second-order valence-corrected chi connectivity index (χ2v) is 7.41. The van der Waals surface area contributed by atoms with E-state index in [0.717, 1.165) is 5.82 Å². The molecule has 2 aromatic heterocycles. The first-order valence-corrected chi connectivity index (χ1v) is 9.58. The minimum absolute atomic E-state index is 0.185. The van der Waals surface area contributed by atoms with Gasteiger partial charge in [-0.05, 0) is 29.6 Å². The Bertz CT molecular complexity index is 852. The number of nitrogens with zero attached hydrogens (tertiary/aromatic N) is 2. The highest BCUT2D eigenvalue weighted by Gasteiger charge is 2.11. The van der Waals surface area contributed by atoms with Gasteiger partial charge in [-0.15, -0.1) is 16.4 Å². The predicted molar refractivity (Wildman–Crippen MR) is 101 cm³/mol. The lowest BCUT2D eigenvalue weighted by molar-refractivity contribution is -0.113. The van der Waals surface area contributed by atoms with Crippen LogP contribution >= 0.6 is 34.7 Å². The van der Waals surface area contributed by atoms with Gasteiger partial charge < -0.3 is 10.1 Å². The Morgan fingerprint density at radius 1 is 1.44 bits per heavy atom. The maximum atomic E-state index is 12.1. The van der Waals surface area contributed by atoms with Crippen molar-refractivity contribution in [3.63, 3.8) is 0 Å². The lowest BCUT2D eigenvalue weighted by Crippen LogP contribution is -2.14. The minimum Gasteiger partial charge on any atom is -0.495 e. The molecule has 3 rings (SSSR count). The number of benzene rings is 1. The van der Waals surface area contributed by atoms with Crippen LogP contribution in [0.25, 0.3) is 0 Å². The summed E-state index contributed by atoms with van der Waals surface area (Å²) in [6, 6.07) is 9.10. The molecular weight excluding hydrogens is 380 g/mol. The van der Waals surface area contributed by atoms with Crippen LogP contribution in [0.2, 0.25) is 5.02 Å². The number of ether oxygens (including phenoxy) is 1. The SMILES string of the molecule is COc1ccc(Cl)cc1NC(=O)CSc1n[nH]c(Cc2cccs2)n1. The summed E-state index contributed by atoms with van der Waals surface area (Å²) in [5.41, 5.74) is 0.536. The summed E-state index contributed by atoms with van der Waals surface area (Å²) >= 11 is 8.89. The molecule has 0 fully saturated rings. The fourth-order valence-electron chi connectivity index (χ4n) is 2.09. The van der Waals surface area contributed by atoms with E-state index in [9.17, 15) is 4.79 Å². The average Bonchev–Trinajstić information content (AvgIpc) is 3.26. The zero-order valence-electron chi connectivity index (χ0n) is 13.3. The molecule has 0 saturated carbocycles. The van der Waals surface area contributed by atoms with E-state index in [0.29, 0.717) is 28.0 Å². The number of hydrogen-bond acceptors (Lipinski definition) is 6. The number of carbonyl (C=O) groups excluding carboxylic acids is 1. The average molecular weight is 395 g/mol. The Balaban J connectivity index is 1.54. The fraction of sp³-hybridized carbons (Fsp3) is 0.188. The Kier molecular flexibility index (Phi) is 5.95. The van der Waals surface area contributed by atoms with Crippen LogP contribution in [-0.4, -0.2) is 34.0 Å². The molecule has 0 aliphatic rings. The normalized spacial score (nSPS) is 10.6. The number of anilines is 1. The van der Waals surface area contributed by atoms with Crippen molar-refractivity contribution in [3.8, 4) is 5.75 Å². The van der Waals surface area contributed by atoms with Gasteiger partial charge in [0, 0.05) is 16.3 Å². The van der Waals surface area contributed by atoms with Gasteiger partial charge in [-0.3, -0.25) is 9.89 Å². The first-order valence-electron chi connectivity index (χ1n) is 7.34. The maximum Gasteiger partial charge on any atom is 0.234 e. The number of H-pyrrole nitrogens is 1. The minimum atomic E-state index is -0.185. The number of aromatic amines is 1. The highest BCUT2D eigenvalue weighted by Crippen LogP contribution is 2.28. The molecule has 1 amide bonds. The summed E-state index contributed by atoms with van der Waals surface area (Å²) in [6.45, 7) is 0. The zero-order valence-corrected chi connectivity index (χ0v) is 15.7. The van der Waals surface area contributed by atoms with Crippen LogP contribution in [-0.2, 0) is 11.2 Å². The number of aromatic nitrogens is 3. The third-order valence-corrected chi connectivity index (χ3v) is 5.16. The third-order valence-electron chi connectivity index (χ3n) is 3.20. The Morgan fingerprint density at radius 2 is 2.32 bits per heavy atom. The predicted octanol–water partition coefficient (Wildman–Crippen LogP) is 3.85. The maximum absolute atomic E-state index is 12.1. The Hall–Kier alpha value is -2.03. The molecule has 0 aliphatic carbocycles. The molecule has 0 atom stereocenters. The largest absolute Gasteiger partial charge is 0.495 e. The lowest BCUT2D eigenvalue weighted by Gasteiger charge is -2.09. The number of halogens is 1. The molecule has 0 saturated heterocycles. The molecule has 0 spiro atoms. The smallest absolute Gasteiger partial charge is 0.234 e. The fourth-order valence-corrected chi connectivity index (χ4v) is 3.59. The molecule has 1 aromatic carbocycles. The van der Waals surface area contributed by atoms with Gasteiger partial charge >= 0.3 is 0 Å². The molecule has 6 nitrogen and oxygen atoms in total. The van der Waals surface area contributed by atoms with Crippen LogP contribution in [0.1, 0.15) is 10.7 Å². The molecule has 0 unspecified atom stereocenters. The van der Waals surface area contributed by atoms with Crippen molar-refractivity contribution in [3.05, 3.63) is 51.4 Å². The van der Waals surface area contributed by atoms with Crippen LogP contribution in [0.15, 0.2) is 40.9 Å². The summed E-state index contributed by atoms with van der Waals surface area (Å²) < 4.78 is 5.21. The summed E-state index contributed by atoms with van der Waals surface area (Å²) in [5.74, 6) is 1.34. The summed E-state index contributed by atoms with van der Waals surface area (Å²) in [6.07, 6.45) is 0.705. The van der Waals surface area contributed by atoms with E-state index < -0.39 is 0 Å². The van der Waals surface area contributed by atoms with Crippen molar-refractivity contribution in [1.29, 1.82) is 0 Å². The molecule has 0 bridgehead atoms. The number of thiophene rings is 1. The number of thioether (sulfide) groups is 1. The van der Waals surface area contributed by atoms with Crippen LogP contribution in [0.5, 0.6) is 5.75 Å². The molecule has 25 heavy (non-hydrogen) atoms. The van der Waals surface area contributed by atoms with Gasteiger partial charge in [-0.25, -0.2) is 4.98 Å². The third kappa shape index (κ3) is 4.97. The van der Waals surface area contributed by atoms with Gasteiger partial charge in [0.25, 0.3) is 0 Å². The second kappa shape index (κ2) is 8.37. The van der Waals surface area contributed by atoms with Crippen LogP contribution in [0.3, 0.4) is 0 Å². The number of carbonyl (C=O) groups is 1. The number of rotatable bonds is 7. The highest BCUT2D eigenvalue weighted by molar-refractivity contribution is 7.99. The number of amides is 1. The molecule has 9 heteroatoms. The van der Waals surface area contributed by atoms with Crippen LogP contribution in [0.4, 0.5) is 5.69 Å². The van der Waals surface area contributed by atoms with Crippen molar-refractivity contribution < 1.29 is 9.53 Å². The van der Waals surface area contributed by atoms with E-state index in [1.54, 1.807) is 29.5 Å². The molecule has 130 valence electrons. The monoisotopic (exact) mass is 394 g/mol. The van der Waals surface area contributed by atoms with Crippen molar-refractivity contribution in [2.75, 3.05) is 18.2 Å². The van der Waals surface area contributed by atoms with E-state index in [-0.39, 0.29) is 11.7 Å². The second-order valence-electron chi connectivity index (χ2n) is 5.00. The zero-order chi connectivity index (χ0) is 17.6. The highest BCUT2D eigenvalue weighted by atomic mass is 35.5. The van der Waals surface area contributed by atoms with Crippen molar-refractivity contribution >= 4 is 46.3 Å². The van der Waals surface area contributed by atoms with Crippen molar-refractivity contribution in [2.45, 2.75) is 11.6 Å². The van der Waals surface area contributed by atoms with Crippen molar-refractivity contribution in [2.24, 2.45) is 0 Å². The molecule has 3 aromatic rings. The van der Waals surface area contributed by atoms with Gasteiger partial charge in [-0.1, -0.05) is 29.4 Å². The number of methoxy groups -OCH3 is 1. The van der Waals surface area contributed by atoms with E-state index in [1.807, 2.05) is 17.5 Å². The van der Waals surface area contributed by atoms with Gasteiger partial charge in [0.1, 0.15) is 11.6 Å². The summed E-state index contributed by atoms with van der Waals surface area (Å²) in [5, 5.41) is 12.9. The number of hydrogen-bond donors (Lipinski definition) is 2. The van der Waals surface area contributed by atoms with E-state index in [2.05, 4.69) is 20.5 Å². The topological polar surface area (TPSA) is 79.9 Å². The van der Waals surface area contributed by atoms with Crippen LogP contribution < -0.4 is 10.1 Å². The van der Waals surface area contributed by atoms with Gasteiger partial charge in [0.05, 0.1) is 18.6 Å². The molecule has 2 heterocycles. The van der Waals surface area contributed by atoms with E-state index in [4.69, 9.17) is 16.3 Å². The number of nitrogens with one attached hydrogen (secondary N) is 2. The first kappa shape index (κ1) is 17.8. The lowest BCUT2D eigenvalue weighted by atomic mass is 10.3. The Morgan fingerprint density at radius 3 is 3.08 bits per heavy atom. The van der Waals surface area contributed by atoms with Crippen molar-refractivity contribution in [1.82, 2.24) is 15.2 Å². The Labute approximate surface area is 158 Å². The molecule has 2 N–H and O–H groups in total. The molecular formula is C16H15ClN4O2S2. The quantitative estimate of drug-likeness (QED) is 0.595. The summed E-state index contributed by atoms with van der Waals surface area (Å²) in [7, 11) is 1.54.